The smallest absolute Gasteiger partial charge is 0.435 e. The molecule has 0 unspecified atom stereocenters. The Kier molecular flexibility index (Phi) is 7.27. The van der Waals surface area contributed by atoms with Gasteiger partial charge in [-0.2, -0.15) is 9.78 Å². The second kappa shape index (κ2) is 9.74. The number of sulfonamides is 1. The number of esters is 1. The Labute approximate surface area is 208 Å². The maximum atomic E-state index is 13.1. The first-order chi connectivity index (χ1) is 16.6. The number of fused-ring (bicyclic) bond motifs is 1. The Balaban J connectivity index is 2.11. The van der Waals surface area contributed by atoms with Gasteiger partial charge >= 0.3 is 12.1 Å². The van der Waals surface area contributed by atoms with Crippen molar-refractivity contribution in [3.05, 3.63) is 54.2 Å². The van der Waals surface area contributed by atoms with E-state index in [1.165, 1.54) is 55.7 Å². The Morgan fingerprint density at radius 3 is 2.25 bits per heavy atom. The zero-order chi connectivity index (χ0) is 26.9. The highest BCUT2D eigenvalue weighted by Crippen LogP contribution is 2.28. The van der Waals surface area contributed by atoms with E-state index in [1.54, 1.807) is 20.8 Å². The minimum atomic E-state index is -4.31. The van der Waals surface area contributed by atoms with Crippen LogP contribution >= 0.6 is 0 Å². The standard InChI is InChI=1S/C23H25N3O8S2/c1-23(2,3)34-22(28)26-18-12-10-15(14-16(18)17(24-26)11-13-21(27)33-4)25-36(31,32)20-9-7-6-8-19(20)35(5,29)30/h6-14,25H,1-5H3/b13-11+. The molecular formula is C23H25N3O8S2. The van der Waals surface area contributed by atoms with Crippen molar-refractivity contribution >= 4 is 54.6 Å². The molecule has 2 aromatic carbocycles. The fraction of sp³-hybridized carbons (Fsp3) is 0.261. The third-order valence-electron chi connectivity index (χ3n) is 4.64. The summed E-state index contributed by atoms with van der Waals surface area (Å²) in [6, 6.07) is 9.46. The largest absolute Gasteiger partial charge is 0.466 e. The van der Waals surface area contributed by atoms with Gasteiger partial charge in [0, 0.05) is 23.4 Å². The molecule has 0 aliphatic heterocycles. The number of sulfone groups is 1. The monoisotopic (exact) mass is 535 g/mol. The molecule has 0 bridgehead atoms. The van der Waals surface area contributed by atoms with Crippen molar-refractivity contribution in [3.63, 3.8) is 0 Å². The molecule has 0 saturated carbocycles. The van der Waals surface area contributed by atoms with Gasteiger partial charge < -0.3 is 9.47 Å². The van der Waals surface area contributed by atoms with Crippen LogP contribution in [0.25, 0.3) is 17.0 Å². The van der Waals surface area contributed by atoms with Crippen LogP contribution in [-0.2, 0) is 34.1 Å². The van der Waals surface area contributed by atoms with Crippen molar-refractivity contribution < 1.29 is 35.9 Å². The highest BCUT2D eigenvalue weighted by Gasteiger charge is 2.25. The molecule has 0 atom stereocenters. The van der Waals surface area contributed by atoms with Crippen LogP contribution < -0.4 is 4.72 Å². The highest BCUT2D eigenvalue weighted by atomic mass is 32.2. The summed E-state index contributed by atoms with van der Waals surface area (Å²) < 4.78 is 63.7. The first-order valence-corrected chi connectivity index (χ1v) is 13.8. The van der Waals surface area contributed by atoms with Crippen LogP contribution in [0.15, 0.2) is 58.3 Å². The summed E-state index contributed by atoms with van der Waals surface area (Å²) in [4.78, 5) is 23.5. The second-order valence-electron chi connectivity index (χ2n) is 8.69. The lowest BCUT2D eigenvalue weighted by Gasteiger charge is -2.19. The van der Waals surface area contributed by atoms with Crippen LogP contribution in [0.1, 0.15) is 26.5 Å². The zero-order valence-electron chi connectivity index (χ0n) is 20.2. The lowest BCUT2D eigenvalue weighted by molar-refractivity contribution is -0.134. The van der Waals surface area contributed by atoms with E-state index in [2.05, 4.69) is 14.6 Å². The van der Waals surface area contributed by atoms with E-state index in [0.29, 0.717) is 5.39 Å². The minimum absolute atomic E-state index is 0.0715. The molecule has 0 radical (unpaired) electrons. The topological polar surface area (TPSA) is 151 Å². The number of rotatable bonds is 6. The highest BCUT2D eigenvalue weighted by molar-refractivity contribution is 7.95. The number of hydrogen-bond acceptors (Lipinski definition) is 9. The van der Waals surface area contributed by atoms with E-state index >= 15 is 0 Å². The number of benzene rings is 2. The molecule has 1 N–H and O–H groups in total. The molecule has 13 heteroatoms. The van der Waals surface area contributed by atoms with Crippen molar-refractivity contribution in [1.82, 2.24) is 9.78 Å². The third kappa shape index (κ3) is 6.10. The Morgan fingerprint density at radius 1 is 1.03 bits per heavy atom. The fourth-order valence-electron chi connectivity index (χ4n) is 3.18. The van der Waals surface area contributed by atoms with Crippen LogP contribution in [0.3, 0.4) is 0 Å². The van der Waals surface area contributed by atoms with Crippen LogP contribution in [0, 0.1) is 0 Å². The normalized spacial score (nSPS) is 12.6. The van der Waals surface area contributed by atoms with Gasteiger partial charge in [-0.05, 0) is 57.2 Å². The molecule has 0 aliphatic carbocycles. The molecule has 3 rings (SSSR count). The zero-order valence-corrected chi connectivity index (χ0v) is 21.8. The Hall–Kier alpha value is -3.71. The number of ether oxygens (including phenoxy) is 2. The number of nitrogens with one attached hydrogen (secondary N) is 1. The average molecular weight is 536 g/mol. The Bertz CT molecular complexity index is 1580. The quantitative estimate of drug-likeness (QED) is 0.370. The van der Waals surface area contributed by atoms with Gasteiger partial charge in [-0.15, -0.1) is 0 Å². The predicted molar refractivity (Wildman–Crippen MR) is 133 cm³/mol. The van der Waals surface area contributed by atoms with Gasteiger partial charge in [-0.1, -0.05) is 12.1 Å². The van der Waals surface area contributed by atoms with Gasteiger partial charge in [0.15, 0.2) is 9.84 Å². The molecule has 0 saturated heterocycles. The molecule has 1 aromatic heterocycles. The van der Waals surface area contributed by atoms with Crippen LogP contribution in [0.5, 0.6) is 0 Å². The van der Waals surface area contributed by atoms with E-state index in [0.717, 1.165) is 17.0 Å². The van der Waals surface area contributed by atoms with E-state index in [4.69, 9.17) is 4.74 Å². The van der Waals surface area contributed by atoms with Gasteiger partial charge in [0.05, 0.1) is 23.2 Å². The number of carbonyl (C=O) groups excluding carboxylic acids is 2. The van der Waals surface area contributed by atoms with Gasteiger partial charge in [0.2, 0.25) is 0 Å². The lowest BCUT2D eigenvalue weighted by atomic mass is 10.2. The maximum absolute atomic E-state index is 13.1. The number of nitrogens with zero attached hydrogens (tertiary/aromatic N) is 2. The van der Waals surface area contributed by atoms with Crippen LogP contribution in [-0.4, -0.2) is 57.6 Å². The maximum Gasteiger partial charge on any atom is 0.435 e. The summed E-state index contributed by atoms with van der Waals surface area (Å²) in [5.41, 5.74) is -0.283. The summed E-state index contributed by atoms with van der Waals surface area (Å²) in [5.74, 6) is -0.663. The molecule has 3 aromatic rings. The summed E-state index contributed by atoms with van der Waals surface area (Å²) in [5, 5.41) is 4.53. The van der Waals surface area contributed by atoms with Crippen LogP contribution in [0.4, 0.5) is 10.5 Å². The molecular weight excluding hydrogens is 510 g/mol. The van der Waals surface area contributed by atoms with Crippen LogP contribution in [0.2, 0.25) is 0 Å². The molecule has 0 amide bonds. The first kappa shape index (κ1) is 26.9. The second-order valence-corrected chi connectivity index (χ2v) is 12.3. The lowest BCUT2D eigenvalue weighted by Crippen LogP contribution is -2.27. The average Bonchev–Trinajstić information content (AvgIpc) is 3.13. The van der Waals surface area contributed by atoms with E-state index in [9.17, 15) is 26.4 Å². The SMILES string of the molecule is COC(=O)/C=C/c1nn(C(=O)OC(C)(C)C)c2ccc(NS(=O)(=O)c3ccccc3S(C)(=O)=O)cc12. The van der Waals surface area contributed by atoms with Crippen molar-refractivity contribution in [3.8, 4) is 0 Å². The van der Waals surface area contributed by atoms with Crippen molar-refractivity contribution in [2.24, 2.45) is 0 Å². The number of anilines is 1. The molecule has 0 spiro atoms. The number of carbonyl (C=O) groups is 2. The summed E-state index contributed by atoms with van der Waals surface area (Å²) in [6.45, 7) is 5.07. The number of hydrogen-bond donors (Lipinski definition) is 1. The number of methoxy groups -OCH3 is 1. The molecule has 11 nitrogen and oxygen atoms in total. The third-order valence-corrected chi connectivity index (χ3v) is 7.37. The van der Waals surface area contributed by atoms with Crippen molar-refractivity contribution in [2.75, 3.05) is 18.1 Å². The van der Waals surface area contributed by atoms with Crippen molar-refractivity contribution in [1.29, 1.82) is 0 Å². The van der Waals surface area contributed by atoms with Gasteiger partial charge in [0.25, 0.3) is 10.0 Å². The summed E-state index contributed by atoms with van der Waals surface area (Å²) in [6.07, 6.45) is 2.55. The van der Waals surface area contributed by atoms with Gasteiger partial charge in [0.1, 0.15) is 10.5 Å². The molecule has 1 heterocycles. The van der Waals surface area contributed by atoms with E-state index in [1.807, 2.05) is 0 Å². The fourth-order valence-corrected chi connectivity index (χ4v) is 5.86. The van der Waals surface area contributed by atoms with Crippen molar-refractivity contribution in [2.45, 2.75) is 36.2 Å². The minimum Gasteiger partial charge on any atom is -0.466 e. The molecule has 0 aliphatic rings. The van der Waals surface area contributed by atoms with E-state index in [-0.39, 0.29) is 21.8 Å². The van der Waals surface area contributed by atoms with Gasteiger partial charge in [-0.3, -0.25) is 4.72 Å². The first-order valence-electron chi connectivity index (χ1n) is 10.5. The molecule has 36 heavy (non-hydrogen) atoms. The summed E-state index contributed by atoms with van der Waals surface area (Å²) in [7, 11) is -6.94. The van der Waals surface area contributed by atoms with E-state index < -0.39 is 42.4 Å². The molecule has 192 valence electrons. The predicted octanol–water partition coefficient (Wildman–Crippen LogP) is 3.21. The number of aromatic nitrogens is 2. The molecule has 0 fully saturated rings. The summed E-state index contributed by atoms with van der Waals surface area (Å²) >= 11 is 0. The Morgan fingerprint density at radius 2 is 1.67 bits per heavy atom. The van der Waals surface area contributed by atoms with Gasteiger partial charge in [-0.25, -0.2) is 26.4 Å².